The number of aromatic nitrogens is 3. The molecule has 3 aromatic rings. The minimum atomic E-state index is -0.166. The number of fused-ring (bicyclic) bond motifs is 1. The fraction of sp³-hybridized carbons (Fsp3) is 0.286. The van der Waals surface area contributed by atoms with Gasteiger partial charge in [-0.2, -0.15) is 0 Å². The predicted octanol–water partition coefficient (Wildman–Crippen LogP) is 3.77. The van der Waals surface area contributed by atoms with Crippen molar-refractivity contribution in [3.05, 3.63) is 63.9 Å². The monoisotopic (exact) mass is 456 g/mol. The molecule has 1 amide bonds. The van der Waals surface area contributed by atoms with E-state index in [4.69, 9.17) is 9.47 Å². The topological polar surface area (TPSA) is 69.5 Å². The van der Waals surface area contributed by atoms with Crippen LogP contribution in [-0.4, -0.2) is 45.6 Å². The second kappa shape index (κ2) is 8.24. The molecule has 0 saturated carbocycles. The Bertz CT molecular complexity index is 1050. The normalized spacial score (nSPS) is 12.7. The summed E-state index contributed by atoms with van der Waals surface area (Å²) in [6.07, 6.45) is 0. The van der Waals surface area contributed by atoms with Crippen LogP contribution in [0.1, 0.15) is 28.7 Å². The highest BCUT2D eigenvalue weighted by molar-refractivity contribution is 9.10. The molecule has 0 spiro atoms. The Kier molecular flexibility index (Phi) is 5.53. The SMILES string of the molecule is CCN(Cc1cccc2c1OCCO2)C(=O)c1nnn(-c2cccc(Br)c2)c1C. The third kappa shape index (κ3) is 3.85. The van der Waals surface area contributed by atoms with Crippen molar-refractivity contribution in [3.63, 3.8) is 0 Å². The predicted molar refractivity (Wildman–Crippen MR) is 112 cm³/mol. The lowest BCUT2D eigenvalue weighted by Gasteiger charge is -2.25. The van der Waals surface area contributed by atoms with Gasteiger partial charge in [-0.15, -0.1) is 5.10 Å². The number of hydrogen-bond acceptors (Lipinski definition) is 5. The van der Waals surface area contributed by atoms with E-state index in [-0.39, 0.29) is 5.91 Å². The van der Waals surface area contributed by atoms with Gasteiger partial charge in [-0.05, 0) is 38.1 Å². The van der Waals surface area contributed by atoms with Gasteiger partial charge in [-0.3, -0.25) is 4.79 Å². The molecule has 0 radical (unpaired) electrons. The van der Waals surface area contributed by atoms with Crippen LogP contribution < -0.4 is 9.47 Å². The van der Waals surface area contributed by atoms with E-state index >= 15 is 0 Å². The van der Waals surface area contributed by atoms with E-state index in [2.05, 4.69) is 26.2 Å². The van der Waals surface area contributed by atoms with Crippen LogP contribution >= 0.6 is 15.9 Å². The first-order valence-corrected chi connectivity index (χ1v) is 10.2. The lowest BCUT2D eigenvalue weighted by Crippen LogP contribution is -2.31. The zero-order valence-electron chi connectivity index (χ0n) is 16.3. The molecule has 2 aromatic carbocycles. The second-order valence-electron chi connectivity index (χ2n) is 6.68. The molecule has 0 aliphatic carbocycles. The first-order valence-electron chi connectivity index (χ1n) is 9.43. The highest BCUT2D eigenvalue weighted by Gasteiger charge is 2.24. The molecule has 4 rings (SSSR count). The summed E-state index contributed by atoms with van der Waals surface area (Å²) in [5, 5.41) is 8.37. The van der Waals surface area contributed by atoms with Crippen LogP contribution in [-0.2, 0) is 6.54 Å². The maximum Gasteiger partial charge on any atom is 0.276 e. The third-order valence-electron chi connectivity index (χ3n) is 4.83. The van der Waals surface area contributed by atoms with Crippen LogP contribution in [0.5, 0.6) is 11.5 Å². The van der Waals surface area contributed by atoms with Crippen molar-refractivity contribution < 1.29 is 14.3 Å². The minimum Gasteiger partial charge on any atom is -0.486 e. The van der Waals surface area contributed by atoms with Gasteiger partial charge in [0.05, 0.1) is 11.4 Å². The average Bonchev–Trinajstić information content (AvgIpc) is 3.13. The third-order valence-corrected chi connectivity index (χ3v) is 5.32. The van der Waals surface area contributed by atoms with Crippen LogP contribution in [0, 0.1) is 6.92 Å². The number of benzene rings is 2. The summed E-state index contributed by atoms with van der Waals surface area (Å²) in [7, 11) is 0. The van der Waals surface area contributed by atoms with Gasteiger partial charge in [0.15, 0.2) is 17.2 Å². The van der Waals surface area contributed by atoms with Gasteiger partial charge in [0.2, 0.25) is 0 Å². The van der Waals surface area contributed by atoms with Gasteiger partial charge in [0, 0.05) is 23.1 Å². The highest BCUT2D eigenvalue weighted by Crippen LogP contribution is 2.34. The Morgan fingerprint density at radius 2 is 2.00 bits per heavy atom. The van der Waals surface area contributed by atoms with Gasteiger partial charge in [0.25, 0.3) is 5.91 Å². The van der Waals surface area contributed by atoms with Crippen LogP contribution in [0.3, 0.4) is 0 Å². The summed E-state index contributed by atoms with van der Waals surface area (Å²) in [4.78, 5) is 14.9. The molecular weight excluding hydrogens is 436 g/mol. The summed E-state index contributed by atoms with van der Waals surface area (Å²) >= 11 is 3.46. The number of carbonyl (C=O) groups is 1. The summed E-state index contributed by atoms with van der Waals surface area (Å²) in [6, 6.07) is 13.5. The molecule has 0 bridgehead atoms. The summed E-state index contributed by atoms with van der Waals surface area (Å²) in [5.74, 6) is 1.26. The average molecular weight is 457 g/mol. The van der Waals surface area contributed by atoms with E-state index in [0.717, 1.165) is 15.7 Å². The second-order valence-corrected chi connectivity index (χ2v) is 7.59. The van der Waals surface area contributed by atoms with Gasteiger partial charge in [-0.25, -0.2) is 4.68 Å². The Balaban J connectivity index is 1.60. The minimum absolute atomic E-state index is 0.166. The van der Waals surface area contributed by atoms with Gasteiger partial charge >= 0.3 is 0 Å². The van der Waals surface area contributed by atoms with E-state index in [1.807, 2.05) is 56.3 Å². The van der Waals surface area contributed by atoms with Crippen molar-refractivity contribution in [2.75, 3.05) is 19.8 Å². The molecule has 0 unspecified atom stereocenters. The van der Waals surface area contributed by atoms with Crippen molar-refractivity contribution in [3.8, 4) is 17.2 Å². The van der Waals surface area contributed by atoms with Gasteiger partial charge < -0.3 is 14.4 Å². The molecule has 150 valence electrons. The molecule has 0 fully saturated rings. The molecule has 2 heterocycles. The first kappa shape index (κ1) is 19.4. The number of carbonyl (C=O) groups excluding carboxylic acids is 1. The lowest BCUT2D eigenvalue weighted by molar-refractivity contribution is 0.0742. The standard InChI is InChI=1S/C21H21BrN4O3/c1-3-25(13-15-6-4-9-18-20(15)29-11-10-28-18)21(27)19-14(2)26(24-23-19)17-8-5-7-16(22)12-17/h4-9,12H,3,10-11,13H2,1-2H3. The molecule has 0 N–H and O–H groups in total. The fourth-order valence-electron chi connectivity index (χ4n) is 3.32. The first-order chi connectivity index (χ1) is 14.1. The summed E-state index contributed by atoms with van der Waals surface area (Å²) in [5.41, 5.74) is 2.79. The number of nitrogens with zero attached hydrogens (tertiary/aromatic N) is 4. The van der Waals surface area contributed by atoms with Crippen LogP contribution in [0.2, 0.25) is 0 Å². The fourth-order valence-corrected chi connectivity index (χ4v) is 3.71. The molecule has 1 aliphatic heterocycles. The lowest BCUT2D eigenvalue weighted by atomic mass is 10.1. The van der Waals surface area contributed by atoms with Crippen molar-refractivity contribution in [2.24, 2.45) is 0 Å². The van der Waals surface area contributed by atoms with Crippen molar-refractivity contribution in [2.45, 2.75) is 20.4 Å². The van der Waals surface area contributed by atoms with Crippen LogP contribution in [0.4, 0.5) is 0 Å². The Hall–Kier alpha value is -2.87. The molecule has 8 heteroatoms. The molecule has 7 nitrogen and oxygen atoms in total. The Morgan fingerprint density at radius 3 is 2.79 bits per heavy atom. The zero-order chi connectivity index (χ0) is 20.4. The van der Waals surface area contributed by atoms with Crippen molar-refractivity contribution >= 4 is 21.8 Å². The maximum atomic E-state index is 13.2. The van der Waals surface area contributed by atoms with E-state index in [1.165, 1.54) is 0 Å². The van der Waals surface area contributed by atoms with E-state index in [0.29, 0.717) is 49.2 Å². The van der Waals surface area contributed by atoms with Gasteiger partial charge in [0.1, 0.15) is 13.2 Å². The van der Waals surface area contributed by atoms with E-state index in [1.54, 1.807) is 9.58 Å². The zero-order valence-corrected chi connectivity index (χ0v) is 17.8. The largest absolute Gasteiger partial charge is 0.486 e. The summed E-state index contributed by atoms with van der Waals surface area (Å²) < 4.78 is 14.0. The van der Waals surface area contributed by atoms with Crippen molar-refractivity contribution in [1.29, 1.82) is 0 Å². The number of hydrogen-bond donors (Lipinski definition) is 0. The molecule has 0 saturated heterocycles. The van der Waals surface area contributed by atoms with Gasteiger partial charge in [-0.1, -0.05) is 39.3 Å². The van der Waals surface area contributed by atoms with E-state index in [9.17, 15) is 4.79 Å². The summed E-state index contributed by atoms with van der Waals surface area (Å²) in [6.45, 7) is 5.77. The molecule has 1 aliphatic rings. The highest BCUT2D eigenvalue weighted by atomic mass is 79.9. The molecular formula is C21H21BrN4O3. The number of amides is 1. The number of halogens is 1. The molecule has 0 atom stereocenters. The van der Waals surface area contributed by atoms with E-state index < -0.39 is 0 Å². The van der Waals surface area contributed by atoms with Crippen molar-refractivity contribution in [1.82, 2.24) is 19.9 Å². The molecule has 1 aromatic heterocycles. The smallest absolute Gasteiger partial charge is 0.276 e. The quantitative estimate of drug-likeness (QED) is 0.584. The Morgan fingerprint density at radius 1 is 1.21 bits per heavy atom. The number of para-hydroxylation sites is 1. The Labute approximate surface area is 177 Å². The maximum absolute atomic E-state index is 13.2. The number of rotatable bonds is 5. The van der Waals surface area contributed by atoms with Crippen LogP contribution in [0.25, 0.3) is 5.69 Å². The van der Waals surface area contributed by atoms with Crippen LogP contribution in [0.15, 0.2) is 46.9 Å². The number of ether oxygens (including phenoxy) is 2. The molecule has 29 heavy (non-hydrogen) atoms.